The molecular formula is C24H24F3N3O2S. The highest BCUT2D eigenvalue weighted by atomic mass is 32.2. The molecule has 0 aliphatic carbocycles. The summed E-state index contributed by atoms with van der Waals surface area (Å²) in [6.07, 6.45) is -1.04. The maximum absolute atomic E-state index is 13.4. The van der Waals surface area contributed by atoms with Gasteiger partial charge in [-0.15, -0.1) is 0 Å². The summed E-state index contributed by atoms with van der Waals surface area (Å²) >= 11 is 1.13. The molecule has 0 N–H and O–H groups in total. The van der Waals surface area contributed by atoms with Gasteiger partial charge in [-0.05, 0) is 56.0 Å². The molecule has 0 saturated carbocycles. The smallest absolute Gasteiger partial charge is 0.342 e. The number of alkyl halides is 3. The molecule has 1 amide bonds. The Balaban J connectivity index is 1.82. The van der Waals surface area contributed by atoms with Gasteiger partial charge in [0.15, 0.2) is 5.16 Å². The first-order valence-corrected chi connectivity index (χ1v) is 11.8. The van der Waals surface area contributed by atoms with Crippen molar-refractivity contribution in [3.8, 4) is 5.69 Å². The molecule has 0 spiro atoms. The third-order valence-corrected chi connectivity index (χ3v) is 7.04. The summed E-state index contributed by atoms with van der Waals surface area (Å²) in [6.45, 7) is 3.27. The van der Waals surface area contributed by atoms with Gasteiger partial charge in [0.2, 0.25) is 5.91 Å². The molecule has 4 rings (SSSR count). The Morgan fingerprint density at radius 2 is 1.82 bits per heavy atom. The first-order chi connectivity index (χ1) is 15.8. The van der Waals surface area contributed by atoms with Crippen LogP contribution in [-0.4, -0.2) is 38.7 Å². The van der Waals surface area contributed by atoms with E-state index in [1.54, 1.807) is 24.3 Å². The number of benzene rings is 2. The Kier molecular flexibility index (Phi) is 6.78. The second-order valence-corrected chi connectivity index (χ2v) is 9.17. The van der Waals surface area contributed by atoms with Crippen molar-refractivity contribution in [2.75, 3.05) is 13.1 Å². The van der Waals surface area contributed by atoms with Crippen LogP contribution >= 0.6 is 11.8 Å². The topological polar surface area (TPSA) is 55.2 Å². The average molecular weight is 476 g/mol. The Hall–Kier alpha value is -2.81. The molecule has 5 nitrogen and oxygen atoms in total. The van der Waals surface area contributed by atoms with Gasteiger partial charge in [0.25, 0.3) is 5.56 Å². The average Bonchev–Trinajstić information content (AvgIpc) is 2.82. The molecule has 9 heteroatoms. The number of hydrogen-bond acceptors (Lipinski definition) is 4. The fraction of sp³-hybridized carbons (Fsp3) is 0.375. The van der Waals surface area contributed by atoms with Gasteiger partial charge in [-0.3, -0.25) is 14.2 Å². The van der Waals surface area contributed by atoms with Crippen LogP contribution in [-0.2, 0) is 11.0 Å². The van der Waals surface area contributed by atoms with Crippen molar-refractivity contribution in [2.45, 2.75) is 49.2 Å². The molecule has 1 saturated heterocycles. The fourth-order valence-electron chi connectivity index (χ4n) is 3.99. The van der Waals surface area contributed by atoms with E-state index in [0.717, 1.165) is 43.2 Å². The van der Waals surface area contributed by atoms with Crippen molar-refractivity contribution in [3.63, 3.8) is 0 Å². The van der Waals surface area contributed by atoms with Crippen molar-refractivity contribution in [3.05, 3.63) is 64.4 Å². The fourth-order valence-corrected chi connectivity index (χ4v) is 5.11. The highest BCUT2D eigenvalue weighted by Crippen LogP contribution is 2.32. The van der Waals surface area contributed by atoms with Gasteiger partial charge in [0.05, 0.1) is 27.4 Å². The van der Waals surface area contributed by atoms with E-state index in [1.807, 2.05) is 11.8 Å². The minimum absolute atomic E-state index is 0.0276. The zero-order valence-corrected chi connectivity index (χ0v) is 19.0. The monoisotopic (exact) mass is 475 g/mol. The lowest BCUT2D eigenvalue weighted by Crippen LogP contribution is -2.41. The van der Waals surface area contributed by atoms with Crippen molar-refractivity contribution in [1.82, 2.24) is 14.5 Å². The summed E-state index contributed by atoms with van der Waals surface area (Å²) < 4.78 is 41.3. The summed E-state index contributed by atoms with van der Waals surface area (Å²) in [5.41, 5.74) is -0.820. The molecular weight excluding hydrogens is 451 g/mol. The molecule has 1 fully saturated rings. The van der Waals surface area contributed by atoms with E-state index in [4.69, 9.17) is 0 Å². The van der Waals surface area contributed by atoms with Gasteiger partial charge in [-0.2, -0.15) is 13.2 Å². The SMILES string of the molecule is CCC(Sc1nc2ccccc2c(=O)n1-c1cccc(C(F)(F)F)c1)C(=O)N1CCCCC1. The quantitative estimate of drug-likeness (QED) is 0.372. The molecule has 33 heavy (non-hydrogen) atoms. The van der Waals surface area contributed by atoms with Gasteiger partial charge in [-0.1, -0.05) is 36.9 Å². The summed E-state index contributed by atoms with van der Waals surface area (Å²) in [5.74, 6) is -0.0276. The molecule has 2 heterocycles. The van der Waals surface area contributed by atoms with Crippen molar-refractivity contribution < 1.29 is 18.0 Å². The van der Waals surface area contributed by atoms with Gasteiger partial charge in [-0.25, -0.2) is 4.98 Å². The molecule has 1 atom stereocenters. The van der Waals surface area contributed by atoms with E-state index >= 15 is 0 Å². The molecule has 174 valence electrons. The lowest BCUT2D eigenvalue weighted by atomic mass is 10.1. The van der Waals surface area contributed by atoms with Crippen LogP contribution in [0.4, 0.5) is 13.2 Å². The van der Waals surface area contributed by atoms with Crippen LogP contribution in [0.15, 0.2) is 58.5 Å². The van der Waals surface area contributed by atoms with E-state index in [-0.39, 0.29) is 16.8 Å². The third-order valence-electron chi connectivity index (χ3n) is 5.74. The number of thioether (sulfide) groups is 1. The van der Waals surface area contributed by atoms with E-state index in [9.17, 15) is 22.8 Å². The number of amides is 1. The molecule has 1 aromatic heterocycles. The van der Waals surface area contributed by atoms with E-state index in [0.29, 0.717) is 30.4 Å². The van der Waals surface area contributed by atoms with Gasteiger partial charge in [0, 0.05) is 13.1 Å². The summed E-state index contributed by atoms with van der Waals surface area (Å²) in [7, 11) is 0. The molecule has 1 unspecified atom stereocenters. The van der Waals surface area contributed by atoms with Crippen LogP contribution in [0.5, 0.6) is 0 Å². The largest absolute Gasteiger partial charge is 0.416 e. The van der Waals surface area contributed by atoms with Crippen molar-refractivity contribution >= 4 is 28.6 Å². The first kappa shape index (κ1) is 23.4. The van der Waals surface area contributed by atoms with Crippen molar-refractivity contribution in [2.24, 2.45) is 0 Å². The third kappa shape index (κ3) is 4.93. The number of piperidine rings is 1. The van der Waals surface area contributed by atoms with E-state index in [1.165, 1.54) is 16.7 Å². The number of hydrogen-bond donors (Lipinski definition) is 0. The number of halogens is 3. The predicted molar refractivity (Wildman–Crippen MR) is 123 cm³/mol. The van der Waals surface area contributed by atoms with E-state index < -0.39 is 22.5 Å². The number of carbonyl (C=O) groups excluding carboxylic acids is 1. The van der Waals surface area contributed by atoms with Crippen LogP contribution in [0.2, 0.25) is 0 Å². The van der Waals surface area contributed by atoms with Gasteiger partial charge < -0.3 is 4.90 Å². The second kappa shape index (κ2) is 9.59. The maximum Gasteiger partial charge on any atom is 0.416 e. The molecule has 1 aliphatic rings. The van der Waals surface area contributed by atoms with Crippen LogP contribution in [0.25, 0.3) is 16.6 Å². The Morgan fingerprint density at radius 3 is 2.52 bits per heavy atom. The Bertz CT molecular complexity index is 1220. The van der Waals surface area contributed by atoms with Crippen molar-refractivity contribution in [1.29, 1.82) is 0 Å². The second-order valence-electron chi connectivity index (χ2n) is 8.00. The molecule has 1 aliphatic heterocycles. The van der Waals surface area contributed by atoms with Crippen LogP contribution in [0.3, 0.4) is 0 Å². The zero-order valence-electron chi connectivity index (χ0n) is 18.1. The summed E-state index contributed by atoms with van der Waals surface area (Å²) in [4.78, 5) is 33.0. The Labute approximate surface area is 193 Å². The van der Waals surface area contributed by atoms with E-state index in [2.05, 4.69) is 4.98 Å². The van der Waals surface area contributed by atoms with Crippen LogP contribution in [0.1, 0.15) is 38.2 Å². The van der Waals surface area contributed by atoms with Crippen LogP contribution in [0, 0.1) is 0 Å². The number of fused-ring (bicyclic) bond motifs is 1. The minimum Gasteiger partial charge on any atom is -0.342 e. The lowest BCUT2D eigenvalue weighted by molar-refractivity contribution is -0.137. The standard InChI is InChI=1S/C24H24F3N3O2S/c1-2-20(22(32)29-13-6-3-7-14-29)33-23-28-19-12-5-4-11-18(19)21(31)30(23)17-10-8-9-16(15-17)24(25,26)27/h4-5,8-12,15,20H,2-3,6-7,13-14H2,1H3. The number of likely N-dealkylation sites (tertiary alicyclic amines) is 1. The number of para-hydroxylation sites is 1. The number of nitrogens with zero attached hydrogens (tertiary/aromatic N) is 3. The predicted octanol–water partition coefficient (Wildman–Crippen LogP) is 5.29. The molecule has 0 bridgehead atoms. The first-order valence-electron chi connectivity index (χ1n) is 10.9. The normalized spacial score (nSPS) is 15.6. The minimum atomic E-state index is -4.55. The highest BCUT2D eigenvalue weighted by Gasteiger charge is 2.31. The summed E-state index contributed by atoms with van der Waals surface area (Å²) in [6, 6.07) is 11.3. The maximum atomic E-state index is 13.4. The van der Waals surface area contributed by atoms with Gasteiger partial charge >= 0.3 is 6.18 Å². The molecule has 2 aromatic carbocycles. The zero-order chi connectivity index (χ0) is 23.6. The Morgan fingerprint density at radius 1 is 1.09 bits per heavy atom. The molecule has 0 radical (unpaired) electrons. The molecule has 3 aromatic rings. The van der Waals surface area contributed by atoms with Crippen LogP contribution < -0.4 is 5.56 Å². The lowest BCUT2D eigenvalue weighted by Gasteiger charge is -2.30. The number of carbonyl (C=O) groups is 1. The highest BCUT2D eigenvalue weighted by molar-refractivity contribution is 8.00. The summed E-state index contributed by atoms with van der Waals surface area (Å²) in [5, 5.41) is 0.0121. The number of aromatic nitrogens is 2. The van der Waals surface area contributed by atoms with Gasteiger partial charge in [0.1, 0.15) is 0 Å². The number of rotatable bonds is 5.